The van der Waals surface area contributed by atoms with Gasteiger partial charge in [0.1, 0.15) is 11.6 Å². The van der Waals surface area contributed by atoms with Crippen LogP contribution >= 0.6 is 0 Å². The largest absolute Gasteiger partial charge is 0.437 e. The molecule has 100 valence electrons. The minimum atomic E-state index is 0.485. The highest BCUT2D eigenvalue weighted by Crippen LogP contribution is 2.24. The molecule has 4 heteroatoms. The summed E-state index contributed by atoms with van der Waals surface area (Å²) in [6, 6.07) is 14.1. The highest BCUT2D eigenvalue weighted by molar-refractivity contribution is 5.83. The molecule has 0 saturated heterocycles. The zero-order valence-corrected chi connectivity index (χ0v) is 11.2. The average Bonchev–Trinajstić information content (AvgIpc) is 2.48. The molecule has 0 aliphatic heterocycles. The molecular weight excluding hydrogens is 250 g/mol. The van der Waals surface area contributed by atoms with E-state index < -0.39 is 0 Å². The summed E-state index contributed by atoms with van der Waals surface area (Å²) < 4.78 is 5.76. The zero-order valence-electron chi connectivity index (χ0n) is 11.2. The molecule has 0 aliphatic carbocycles. The van der Waals surface area contributed by atoms with Crippen molar-refractivity contribution in [2.45, 2.75) is 6.92 Å². The molecule has 0 unspecified atom stereocenters. The Kier molecular flexibility index (Phi) is 3.46. The van der Waals surface area contributed by atoms with Crippen LogP contribution in [0.5, 0.6) is 11.6 Å². The summed E-state index contributed by atoms with van der Waals surface area (Å²) in [5.41, 5.74) is 0. The molecule has 1 N–H and O–H groups in total. The quantitative estimate of drug-likeness (QED) is 0.778. The number of nitrogens with one attached hydrogen (secondary N) is 1. The third kappa shape index (κ3) is 2.69. The molecule has 1 heterocycles. The Bertz CT molecular complexity index is 727. The topological polar surface area (TPSA) is 47.0 Å². The van der Waals surface area contributed by atoms with Crippen molar-refractivity contribution in [2.24, 2.45) is 0 Å². The fourth-order valence-electron chi connectivity index (χ4n) is 2.02. The van der Waals surface area contributed by atoms with Crippen LogP contribution in [0.25, 0.3) is 10.8 Å². The van der Waals surface area contributed by atoms with Crippen LogP contribution in [0.2, 0.25) is 0 Å². The molecule has 3 rings (SSSR count). The maximum atomic E-state index is 5.76. The molecule has 0 aliphatic rings. The number of hydrogen-bond donors (Lipinski definition) is 1. The van der Waals surface area contributed by atoms with Gasteiger partial charge in [-0.25, -0.2) is 0 Å². The van der Waals surface area contributed by atoms with Crippen LogP contribution in [-0.2, 0) is 0 Å². The Hall–Kier alpha value is -2.62. The van der Waals surface area contributed by atoms with Crippen LogP contribution in [0, 0.1) is 0 Å². The summed E-state index contributed by atoms with van der Waals surface area (Å²) in [5.74, 6) is 1.95. The highest BCUT2D eigenvalue weighted by Gasteiger charge is 2.02. The van der Waals surface area contributed by atoms with Gasteiger partial charge in [0.2, 0.25) is 5.88 Å². The molecule has 0 atom stereocenters. The summed E-state index contributed by atoms with van der Waals surface area (Å²) in [6.45, 7) is 2.81. The van der Waals surface area contributed by atoms with Crippen LogP contribution in [0.15, 0.2) is 54.9 Å². The van der Waals surface area contributed by atoms with Crippen LogP contribution in [-0.4, -0.2) is 16.5 Å². The minimum Gasteiger partial charge on any atom is -0.437 e. The second-order valence-corrected chi connectivity index (χ2v) is 4.38. The first-order valence-corrected chi connectivity index (χ1v) is 6.58. The van der Waals surface area contributed by atoms with Crippen molar-refractivity contribution < 1.29 is 4.74 Å². The number of fused-ring (bicyclic) bond motifs is 1. The molecule has 4 nitrogen and oxygen atoms in total. The lowest BCUT2D eigenvalue weighted by Gasteiger charge is -2.07. The standard InChI is InChI=1S/C16H15N3O/c1-2-18-15-10-17-11-16(19-15)20-14-8-7-12-5-3-4-6-13(12)9-14/h3-11H,2H2,1H3,(H,18,19). The summed E-state index contributed by atoms with van der Waals surface area (Å²) in [5, 5.41) is 5.44. The third-order valence-corrected chi connectivity index (χ3v) is 2.91. The van der Waals surface area contributed by atoms with Crippen molar-refractivity contribution in [1.82, 2.24) is 9.97 Å². The number of hydrogen-bond acceptors (Lipinski definition) is 4. The normalized spacial score (nSPS) is 10.4. The number of aromatic nitrogens is 2. The lowest BCUT2D eigenvalue weighted by atomic mass is 10.1. The van der Waals surface area contributed by atoms with Crippen LogP contribution in [0.1, 0.15) is 6.92 Å². The van der Waals surface area contributed by atoms with Gasteiger partial charge in [-0.2, -0.15) is 4.98 Å². The van der Waals surface area contributed by atoms with Crippen molar-refractivity contribution in [1.29, 1.82) is 0 Å². The van der Waals surface area contributed by atoms with E-state index in [4.69, 9.17) is 4.74 Å². The summed E-state index contributed by atoms with van der Waals surface area (Å²) in [7, 11) is 0. The molecular formula is C16H15N3O. The van der Waals surface area contributed by atoms with Gasteiger partial charge >= 0.3 is 0 Å². The molecule has 0 spiro atoms. The van der Waals surface area contributed by atoms with Gasteiger partial charge < -0.3 is 10.1 Å². The van der Waals surface area contributed by atoms with Gasteiger partial charge in [-0.3, -0.25) is 4.98 Å². The van der Waals surface area contributed by atoms with Gasteiger partial charge in [0.25, 0.3) is 0 Å². The van der Waals surface area contributed by atoms with Crippen LogP contribution < -0.4 is 10.1 Å². The molecule has 1 aromatic heterocycles. The van der Waals surface area contributed by atoms with Crippen molar-refractivity contribution in [3.8, 4) is 11.6 Å². The van der Waals surface area contributed by atoms with Crippen molar-refractivity contribution in [2.75, 3.05) is 11.9 Å². The molecule has 0 saturated carbocycles. The van der Waals surface area contributed by atoms with Gasteiger partial charge in [-0.05, 0) is 29.8 Å². The van der Waals surface area contributed by atoms with Gasteiger partial charge in [-0.1, -0.05) is 30.3 Å². The van der Waals surface area contributed by atoms with Crippen molar-refractivity contribution in [3.63, 3.8) is 0 Å². The Morgan fingerprint density at radius 3 is 2.75 bits per heavy atom. The van der Waals surface area contributed by atoms with Crippen LogP contribution in [0.4, 0.5) is 5.82 Å². The molecule has 0 fully saturated rings. The molecule has 0 amide bonds. The Labute approximate surface area is 117 Å². The minimum absolute atomic E-state index is 0.485. The van der Waals surface area contributed by atoms with E-state index in [1.807, 2.05) is 37.3 Å². The first kappa shape index (κ1) is 12.4. The molecule has 2 aromatic carbocycles. The van der Waals surface area contributed by atoms with E-state index in [0.29, 0.717) is 11.7 Å². The smallest absolute Gasteiger partial charge is 0.239 e. The Balaban J connectivity index is 1.87. The second kappa shape index (κ2) is 5.57. The van der Waals surface area contributed by atoms with Gasteiger partial charge in [-0.15, -0.1) is 0 Å². The molecule has 20 heavy (non-hydrogen) atoms. The van der Waals surface area contributed by atoms with E-state index in [-0.39, 0.29) is 0 Å². The number of ether oxygens (including phenoxy) is 1. The molecule has 3 aromatic rings. The molecule has 0 radical (unpaired) electrons. The van der Waals surface area contributed by atoms with Crippen molar-refractivity contribution >= 4 is 16.6 Å². The summed E-state index contributed by atoms with van der Waals surface area (Å²) in [4.78, 5) is 8.45. The Morgan fingerprint density at radius 2 is 1.90 bits per heavy atom. The zero-order chi connectivity index (χ0) is 13.8. The first-order chi connectivity index (χ1) is 9.85. The number of nitrogens with zero attached hydrogens (tertiary/aromatic N) is 2. The van der Waals surface area contributed by atoms with E-state index >= 15 is 0 Å². The fourth-order valence-corrected chi connectivity index (χ4v) is 2.02. The number of anilines is 1. The van der Waals surface area contributed by atoms with E-state index in [2.05, 4.69) is 27.4 Å². The average molecular weight is 265 g/mol. The van der Waals surface area contributed by atoms with Gasteiger partial charge in [0.05, 0.1) is 12.4 Å². The SMILES string of the molecule is CCNc1cncc(Oc2ccc3ccccc3c2)n1. The lowest BCUT2D eigenvalue weighted by molar-refractivity contribution is 0.461. The first-order valence-electron chi connectivity index (χ1n) is 6.58. The predicted molar refractivity (Wildman–Crippen MR) is 80.2 cm³/mol. The summed E-state index contributed by atoms with van der Waals surface area (Å²) in [6.07, 6.45) is 3.28. The van der Waals surface area contributed by atoms with Gasteiger partial charge in [0, 0.05) is 6.54 Å². The van der Waals surface area contributed by atoms with Gasteiger partial charge in [0.15, 0.2) is 0 Å². The van der Waals surface area contributed by atoms with E-state index in [1.165, 1.54) is 5.39 Å². The second-order valence-electron chi connectivity index (χ2n) is 4.38. The van der Waals surface area contributed by atoms with E-state index in [0.717, 1.165) is 17.7 Å². The maximum Gasteiger partial charge on any atom is 0.239 e. The highest BCUT2D eigenvalue weighted by atomic mass is 16.5. The monoisotopic (exact) mass is 265 g/mol. The maximum absolute atomic E-state index is 5.76. The Morgan fingerprint density at radius 1 is 1.05 bits per heavy atom. The van der Waals surface area contributed by atoms with E-state index in [1.54, 1.807) is 12.4 Å². The van der Waals surface area contributed by atoms with E-state index in [9.17, 15) is 0 Å². The predicted octanol–water partition coefficient (Wildman–Crippen LogP) is 3.85. The number of rotatable bonds is 4. The fraction of sp³-hybridized carbons (Fsp3) is 0.125. The lowest BCUT2D eigenvalue weighted by Crippen LogP contribution is -2.00. The number of benzene rings is 2. The third-order valence-electron chi connectivity index (χ3n) is 2.91. The van der Waals surface area contributed by atoms with Crippen LogP contribution in [0.3, 0.4) is 0 Å². The summed E-state index contributed by atoms with van der Waals surface area (Å²) >= 11 is 0. The molecule has 0 bridgehead atoms. The van der Waals surface area contributed by atoms with Crippen molar-refractivity contribution in [3.05, 3.63) is 54.9 Å².